The van der Waals surface area contributed by atoms with Gasteiger partial charge in [0.1, 0.15) is 12.4 Å². The first-order valence-corrected chi connectivity index (χ1v) is 9.36. The lowest BCUT2D eigenvalue weighted by Crippen LogP contribution is -2.14. The number of ether oxygens (including phenoxy) is 2. The average Bonchev–Trinajstić information content (AvgIpc) is 2.77. The highest BCUT2D eigenvalue weighted by atomic mass is 16.5. The van der Waals surface area contributed by atoms with E-state index in [9.17, 15) is 14.4 Å². The van der Waals surface area contributed by atoms with Crippen LogP contribution >= 0.6 is 0 Å². The molecular weight excluding hydrogens is 382 g/mol. The first-order chi connectivity index (χ1) is 14.5. The van der Waals surface area contributed by atoms with E-state index in [0.717, 1.165) is 5.56 Å². The molecule has 3 aromatic carbocycles. The number of carbonyl (C=O) groups excluding carboxylic acids is 3. The number of benzene rings is 3. The maximum Gasteiger partial charge on any atom is 0.338 e. The number of anilines is 1. The molecule has 0 atom stereocenters. The SMILES string of the molecule is CC(=O)Nc1ccc(C(=O)COC(=O)c2cccc(OCc3ccccc3)c2)cc1. The Bertz CT molecular complexity index is 1030. The fraction of sp³-hybridized carbons (Fsp3) is 0.125. The zero-order valence-electron chi connectivity index (χ0n) is 16.5. The van der Waals surface area contributed by atoms with Crippen molar-refractivity contribution >= 4 is 23.3 Å². The second-order valence-corrected chi connectivity index (χ2v) is 6.56. The molecule has 0 radical (unpaired) electrons. The molecule has 1 N–H and O–H groups in total. The Hall–Kier alpha value is -3.93. The van der Waals surface area contributed by atoms with Crippen molar-refractivity contribution in [1.29, 1.82) is 0 Å². The number of hydrogen-bond acceptors (Lipinski definition) is 5. The summed E-state index contributed by atoms with van der Waals surface area (Å²) in [6, 6.07) is 22.7. The van der Waals surface area contributed by atoms with Crippen LogP contribution in [0.15, 0.2) is 78.9 Å². The van der Waals surface area contributed by atoms with E-state index in [1.165, 1.54) is 6.92 Å². The Morgan fingerprint density at radius 3 is 2.27 bits per heavy atom. The van der Waals surface area contributed by atoms with Gasteiger partial charge in [-0.2, -0.15) is 0 Å². The summed E-state index contributed by atoms with van der Waals surface area (Å²) in [5, 5.41) is 2.62. The summed E-state index contributed by atoms with van der Waals surface area (Å²) in [6.07, 6.45) is 0. The summed E-state index contributed by atoms with van der Waals surface area (Å²) in [5.41, 5.74) is 2.29. The molecule has 0 saturated heterocycles. The van der Waals surface area contributed by atoms with E-state index in [1.54, 1.807) is 48.5 Å². The molecule has 3 rings (SSSR count). The van der Waals surface area contributed by atoms with E-state index in [0.29, 0.717) is 29.2 Å². The zero-order chi connectivity index (χ0) is 21.3. The topological polar surface area (TPSA) is 81.7 Å². The Labute approximate surface area is 174 Å². The molecule has 0 aliphatic carbocycles. The molecule has 1 amide bonds. The molecule has 0 aliphatic heterocycles. The smallest absolute Gasteiger partial charge is 0.338 e. The van der Waals surface area contributed by atoms with Crippen LogP contribution in [0.5, 0.6) is 5.75 Å². The molecular formula is C24H21NO5. The molecule has 6 heteroatoms. The standard InChI is InChI=1S/C24H21NO5/c1-17(26)25-21-12-10-19(11-13-21)23(27)16-30-24(28)20-8-5-9-22(14-20)29-15-18-6-3-2-4-7-18/h2-14H,15-16H2,1H3,(H,25,26). The van der Waals surface area contributed by atoms with E-state index >= 15 is 0 Å². The van der Waals surface area contributed by atoms with Crippen LogP contribution < -0.4 is 10.1 Å². The highest BCUT2D eigenvalue weighted by Gasteiger charge is 2.13. The summed E-state index contributed by atoms with van der Waals surface area (Å²) in [6.45, 7) is 1.40. The minimum absolute atomic E-state index is 0.196. The molecule has 0 spiro atoms. The number of rotatable bonds is 8. The number of amides is 1. The number of carbonyl (C=O) groups is 3. The van der Waals surface area contributed by atoms with Gasteiger partial charge in [0.15, 0.2) is 12.4 Å². The van der Waals surface area contributed by atoms with Crippen LogP contribution in [0.1, 0.15) is 33.2 Å². The van der Waals surface area contributed by atoms with Gasteiger partial charge in [0.05, 0.1) is 5.56 Å². The van der Waals surface area contributed by atoms with Gasteiger partial charge in [0, 0.05) is 18.2 Å². The van der Waals surface area contributed by atoms with E-state index < -0.39 is 5.97 Å². The summed E-state index contributed by atoms with van der Waals surface area (Å²) in [5.74, 6) is -0.608. The molecule has 0 aromatic heterocycles. The second kappa shape index (κ2) is 10.0. The Morgan fingerprint density at radius 1 is 0.833 bits per heavy atom. The van der Waals surface area contributed by atoms with Crippen molar-refractivity contribution in [3.63, 3.8) is 0 Å². The minimum atomic E-state index is -0.608. The third kappa shape index (κ3) is 6.04. The molecule has 0 unspecified atom stereocenters. The van der Waals surface area contributed by atoms with E-state index in [1.807, 2.05) is 30.3 Å². The monoisotopic (exact) mass is 403 g/mol. The van der Waals surface area contributed by atoms with Crippen molar-refractivity contribution in [1.82, 2.24) is 0 Å². The van der Waals surface area contributed by atoms with Gasteiger partial charge in [-0.3, -0.25) is 9.59 Å². The molecule has 0 heterocycles. The Morgan fingerprint density at radius 2 is 1.57 bits per heavy atom. The highest BCUT2D eigenvalue weighted by Crippen LogP contribution is 2.16. The fourth-order valence-corrected chi connectivity index (χ4v) is 2.69. The third-order valence-corrected chi connectivity index (χ3v) is 4.18. The van der Waals surface area contributed by atoms with Crippen molar-refractivity contribution in [3.05, 3.63) is 95.6 Å². The number of esters is 1. The van der Waals surface area contributed by atoms with Gasteiger partial charge in [0.25, 0.3) is 0 Å². The van der Waals surface area contributed by atoms with Crippen LogP contribution in [-0.4, -0.2) is 24.3 Å². The van der Waals surface area contributed by atoms with Gasteiger partial charge in [-0.15, -0.1) is 0 Å². The first kappa shape index (κ1) is 20.8. The number of ketones is 1. The fourth-order valence-electron chi connectivity index (χ4n) is 2.69. The van der Waals surface area contributed by atoms with Crippen molar-refractivity contribution < 1.29 is 23.9 Å². The van der Waals surface area contributed by atoms with Gasteiger partial charge >= 0.3 is 5.97 Å². The van der Waals surface area contributed by atoms with Gasteiger partial charge in [-0.05, 0) is 48.0 Å². The van der Waals surface area contributed by atoms with Crippen molar-refractivity contribution in [2.24, 2.45) is 0 Å². The van der Waals surface area contributed by atoms with Crippen LogP contribution in [0.4, 0.5) is 5.69 Å². The summed E-state index contributed by atoms with van der Waals surface area (Å²) >= 11 is 0. The molecule has 0 saturated carbocycles. The first-order valence-electron chi connectivity index (χ1n) is 9.36. The van der Waals surface area contributed by atoms with Gasteiger partial charge < -0.3 is 14.8 Å². The number of hydrogen-bond donors (Lipinski definition) is 1. The molecule has 0 aliphatic rings. The summed E-state index contributed by atoms with van der Waals surface area (Å²) < 4.78 is 10.9. The third-order valence-electron chi connectivity index (χ3n) is 4.18. The van der Waals surface area contributed by atoms with Gasteiger partial charge in [-0.1, -0.05) is 36.4 Å². The maximum absolute atomic E-state index is 12.3. The number of Topliss-reactive ketones (excluding diaryl/α,β-unsaturated/α-hetero) is 1. The van der Waals surface area contributed by atoms with Crippen LogP contribution in [0, 0.1) is 0 Å². The lowest BCUT2D eigenvalue weighted by Gasteiger charge is -2.09. The van der Waals surface area contributed by atoms with Crippen LogP contribution in [0.2, 0.25) is 0 Å². The normalized spacial score (nSPS) is 10.2. The molecule has 0 bridgehead atoms. The molecule has 3 aromatic rings. The largest absolute Gasteiger partial charge is 0.489 e. The van der Waals surface area contributed by atoms with Crippen LogP contribution in [-0.2, 0) is 16.1 Å². The van der Waals surface area contributed by atoms with Crippen LogP contribution in [0.25, 0.3) is 0 Å². The Balaban J connectivity index is 1.54. The summed E-state index contributed by atoms with van der Waals surface area (Å²) in [4.78, 5) is 35.6. The number of nitrogens with one attached hydrogen (secondary N) is 1. The predicted molar refractivity (Wildman–Crippen MR) is 113 cm³/mol. The maximum atomic E-state index is 12.3. The van der Waals surface area contributed by atoms with Crippen molar-refractivity contribution in [2.45, 2.75) is 13.5 Å². The van der Waals surface area contributed by atoms with Gasteiger partial charge in [0.2, 0.25) is 5.91 Å². The molecule has 30 heavy (non-hydrogen) atoms. The molecule has 152 valence electrons. The van der Waals surface area contributed by atoms with Crippen molar-refractivity contribution in [2.75, 3.05) is 11.9 Å². The zero-order valence-corrected chi connectivity index (χ0v) is 16.5. The van der Waals surface area contributed by atoms with E-state index in [2.05, 4.69) is 5.32 Å². The predicted octanol–water partition coefficient (Wildman–Crippen LogP) is 4.26. The second-order valence-electron chi connectivity index (χ2n) is 6.56. The molecule has 6 nitrogen and oxygen atoms in total. The van der Waals surface area contributed by atoms with Crippen molar-refractivity contribution in [3.8, 4) is 5.75 Å². The quantitative estimate of drug-likeness (QED) is 0.449. The lowest BCUT2D eigenvalue weighted by molar-refractivity contribution is -0.114. The summed E-state index contributed by atoms with van der Waals surface area (Å²) in [7, 11) is 0. The van der Waals surface area contributed by atoms with Gasteiger partial charge in [-0.25, -0.2) is 4.79 Å². The van der Waals surface area contributed by atoms with E-state index in [4.69, 9.17) is 9.47 Å². The lowest BCUT2D eigenvalue weighted by atomic mass is 10.1. The highest BCUT2D eigenvalue weighted by molar-refractivity contribution is 6.00. The molecule has 0 fully saturated rings. The van der Waals surface area contributed by atoms with E-state index in [-0.39, 0.29) is 18.3 Å². The van der Waals surface area contributed by atoms with Crippen LogP contribution in [0.3, 0.4) is 0 Å². The average molecular weight is 403 g/mol. The Kier molecular flexibility index (Phi) is 6.95. The minimum Gasteiger partial charge on any atom is -0.489 e.